The van der Waals surface area contributed by atoms with Crippen molar-refractivity contribution in [3.8, 4) is 0 Å². The molecule has 0 saturated heterocycles. The number of aromatic nitrogens is 2. The Balaban J connectivity index is 2.63. The van der Waals surface area contributed by atoms with Crippen LogP contribution in [0.25, 0.3) is 0 Å². The van der Waals surface area contributed by atoms with Crippen LogP contribution in [0.2, 0.25) is 0 Å². The number of nitrogens with two attached hydrogens (primary N) is 1. The number of hydrogen-bond acceptors (Lipinski definition) is 3. The van der Waals surface area contributed by atoms with Gasteiger partial charge in [0.25, 0.3) is 0 Å². The molecule has 1 aromatic heterocycles. The van der Waals surface area contributed by atoms with Crippen molar-refractivity contribution in [2.45, 2.75) is 26.3 Å². The fourth-order valence-electron chi connectivity index (χ4n) is 1.19. The Morgan fingerprint density at radius 2 is 2.31 bits per heavy atom. The summed E-state index contributed by atoms with van der Waals surface area (Å²) in [5.41, 5.74) is 6.67. The number of imidazole rings is 1. The van der Waals surface area contributed by atoms with Gasteiger partial charge in [0.15, 0.2) is 0 Å². The highest BCUT2D eigenvalue weighted by molar-refractivity contribution is 5.04. The molecule has 0 aliphatic rings. The number of hydrogen-bond donors (Lipinski definition) is 3. The molecule has 4 heteroatoms. The molecule has 0 aliphatic carbocycles. The molecule has 4 N–H and O–H groups in total. The largest absolute Gasteiger partial charge is 0.394 e. The summed E-state index contributed by atoms with van der Waals surface area (Å²) >= 11 is 0. The van der Waals surface area contributed by atoms with E-state index in [0.717, 1.165) is 12.1 Å². The van der Waals surface area contributed by atoms with E-state index in [4.69, 9.17) is 10.8 Å². The van der Waals surface area contributed by atoms with Crippen LogP contribution in [0.4, 0.5) is 0 Å². The summed E-state index contributed by atoms with van der Waals surface area (Å²) in [6.07, 6.45) is 2.75. The van der Waals surface area contributed by atoms with Crippen molar-refractivity contribution in [2.75, 3.05) is 6.61 Å². The van der Waals surface area contributed by atoms with E-state index in [1.165, 1.54) is 0 Å². The number of aliphatic hydroxyl groups is 1. The van der Waals surface area contributed by atoms with E-state index in [1.54, 1.807) is 6.20 Å². The molecule has 1 rings (SSSR count). The van der Waals surface area contributed by atoms with Crippen LogP contribution in [0.15, 0.2) is 6.20 Å². The number of rotatable bonds is 4. The summed E-state index contributed by atoms with van der Waals surface area (Å²) < 4.78 is 0. The van der Waals surface area contributed by atoms with Gasteiger partial charge in [-0.15, -0.1) is 0 Å². The number of H-pyrrole nitrogens is 1. The van der Waals surface area contributed by atoms with Gasteiger partial charge >= 0.3 is 0 Å². The topological polar surface area (TPSA) is 74.9 Å². The highest BCUT2D eigenvalue weighted by Crippen LogP contribution is 2.09. The molecule has 0 radical (unpaired) electrons. The number of aromatic amines is 1. The quantitative estimate of drug-likeness (QED) is 0.640. The normalized spacial score (nSPS) is 13.6. The zero-order chi connectivity index (χ0) is 9.84. The molecule has 1 atom stereocenters. The highest BCUT2D eigenvalue weighted by atomic mass is 16.3. The second-order valence-corrected chi connectivity index (χ2v) is 3.68. The molecular formula is C9H17N3O. The van der Waals surface area contributed by atoms with Gasteiger partial charge in [-0.2, -0.15) is 0 Å². The van der Waals surface area contributed by atoms with Crippen molar-refractivity contribution in [3.05, 3.63) is 17.7 Å². The fraction of sp³-hybridized carbons (Fsp3) is 0.667. The smallest absolute Gasteiger partial charge is 0.125 e. The Labute approximate surface area is 78.2 Å². The first-order valence-corrected chi connectivity index (χ1v) is 4.53. The standard InChI is InChI=1S/C9H17N3O/c1-6(2)3-7-4-11-9(12-7)8(10)5-13/h4,6,8,13H,3,5,10H2,1-2H3,(H,11,12). The lowest BCUT2D eigenvalue weighted by atomic mass is 10.1. The van der Waals surface area contributed by atoms with Gasteiger partial charge in [0.1, 0.15) is 5.82 Å². The maximum atomic E-state index is 8.79. The maximum absolute atomic E-state index is 8.79. The molecule has 0 amide bonds. The van der Waals surface area contributed by atoms with Gasteiger partial charge in [0.2, 0.25) is 0 Å². The molecule has 1 unspecified atom stereocenters. The van der Waals surface area contributed by atoms with E-state index < -0.39 is 0 Å². The average Bonchev–Trinajstić information content (AvgIpc) is 2.50. The van der Waals surface area contributed by atoms with Gasteiger partial charge in [-0.1, -0.05) is 13.8 Å². The van der Waals surface area contributed by atoms with Crippen molar-refractivity contribution in [1.29, 1.82) is 0 Å². The first kappa shape index (κ1) is 10.2. The first-order valence-electron chi connectivity index (χ1n) is 4.53. The van der Waals surface area contributed by atoms with Gasteiger partial charge in [0.05, 0.1) is 12.6 Å². The van der Waals surface area contributed by atoms with Gasteiger partial charge in [0, 0.05) is 11.9 Å². The molecule has 74 valence electrons. The lowest BCUT2D eigenvalue weighted by molar-refractivity contribution is 0.264. The minimum Gasteiger partial charge on any atom is -0.394 e. The predicted octanol–water partition coefficient (Wildman–Crippen LogP) is 0.600. The van der Waals surface area contributed by atoms with Crippen LogP contribution in [0.3, 0.4) is 0 Å². The van der Waals surface area contributed by atoms with Crippen LogP contribution < -0.4 is 5.73 Å². The monoisotopic (exact) mass is 183 g/mol. The van der Waals surface area contributed by atoms with Crippen molar-refractivity contribution in [3.63, 3.8) is 0 Å². The molecular weight excluding hydrogens is 166 g/mol. The summed E-state index contributed by atoms with van der Waals surface area (Å²) in [6, 6.07) is -0.388. The van der Waals surface area contributed by atoms with Crippen molar-refractivity contribution < 1.29 is 5.11 Å². The Morgan fingerprint density at radius 3 is 2.85 bits per heavy atom. The number of aliphatic hydroxyl groups excluding tert-OH is 1. The Bertz CT molecular complexity index is 257. The van der Waals surface area contributed by atoms with Gasteiger partial charge in [-0.05, 0) is 12.3 Å². The Hall–Kier alpha value is -0.870. The minimum atomic E-state index is -0.388. The summed E-state index contributed by atoms with van der Waals surface area (Å²) in [5.74, 6) is 1.26. The van der Waals surface area contributed by atoms with Crippen molar-refractivity contribution in [1.82, 2.24) is 9.97 Å². The van der Waals surface area contributed by atoms with Crippen LogP contribution >= 0.6 is 0 Å². The van der Waals surface area contributed by atoms with Crippen LogP contribution in [-0.4, -0.2) is 21.7 Å². The van der Waals surface area contributed by atoms with E-state index in [2.05, 4.69) is 23.8 Å². The molecule has 1 heterocycles. The van der Waals surface area contributed by atoms with E-state index in [0.29, 0.717) is 11.7 Å². The second kappa shape index (κ2) is 4.39. The molecule has 4 nitrogen and oxygen atoms in total. The predicted molar refractivity (Wildman–Crippen MR) is 51.1 cm³/mol. The number of nitrogens with one attached hydrogen (secondary N) is 1. The lowest BCUT2D eigenvalue weighted by Crippen LogP contribution is -2.16. The zero-order valence-corrected chi connectivity index (χ0v) is 8.12. The van der Waals surface area contributed by atoms with E-state index in [9.17, 15) is 0 Å². The van der Waals surface area contributed by atoms with E-state index >= 15 is 0 Å². The van der Waals surface area contributed by atoms with Crippen LogP contribution in [-0.2, 0) is 6.42 Å². The van der Waals surface area contributed by atoms with Crippen molar-refractivity contribution >= 4 is 0 Å². The van der Waals surface area contributed by atoms with Crippen LogP contribution in [0.1, 0.15) is 31.4 Å². The first-order chi connectivity index (χ1) is 6.13. The third-order valence-corrected chi connectivity index (χ3v) is 1.82. The second-order valence-electron chi connectivity index (χ2n) is 3.68. The van der Waals surface area contributed by atoms with Gasteiger partial charge in [-0.3, -0.25) is 0 Å². The molecule has 0 bridgehead atoms. The summed E-state index contributed by atoms with van der Waals surface area (Å²) in [5, 5.41) is 8.79. The summed E-state index contributed by atoms with van der Waals surface area (Å²) in [7, 11) is 0. The maximum Gasteiger partial charge on any atom is 0.125 e. The zero-order valence-electron chi connectivity index (χ0n) is 8.12. The molecule has 0 aromatic carbocycles. The van der Waals surface area contributed by atoms with Crippen LogP contribution in [0, 0.1) is 5.92 Å². The summed E-state index contributed by atoms with van der Waals surface area (Å²) in [6.45, 7) is 4.22. The molecule has 0 fully saturated rings. The van der Waals surface area contributed by atoms with Crippen LogP contribution in [0.5, 0.6) is 0 Å². The van der Waals surface area contributed by atoms with Gasteiger partial charge in [-0.25, -0.2) is 4.98 Å². The molecule has 1 aromatic rings. The SMILES string of the molecule is CC(C)Cc1cnc(C(N)CO)[nH]1. The Morgan fingerprint density at radius 1 is 1.62 bits per heavy atom. The number of nitrogens with zero attached hydrogens (tertiary/aromatic N) is 1. The molecule has 0 aliphatic heterocycles. The summed E-state index contributed by atoms with van der Waals surface area (Å²) in [4.78, 5) is 7.20. The van der Waals surface area contributed by atoms with E-state index in [1.807, 2.05) is 0 Å². The van der Waals surface area contributed by atoms with Crippen molar-refractivity contribution in [2.24, 2.45) is 11.7 Å². The molecule has 0 spiro atoms. The van der Waals surface area contributed by atoms with Gasteiger partial charge < -0.3 is 15.8 Å². The molecule has 13 heavy (non-hydrogen) atoms. The van der Waals surface area contributed by atoms with E-state index in [-0.39, 0.29) is 12.6 Å². The fourth-order valence-corrected chi connectivity index (χ4v) is 1.19. The third kappa shape index (κ3) is 2.82. The lowest BCUT2D eigenvalue weighted by Gasteiger charge is -2.03. The Kier molecular flexibility index (Phi) is 3.45. The third-order valence-electron chi connectivity index (χ3n) is 1.82. The highest BCUT2D eigenvalue weighted by Gasteiger charge is 2.08. The average molecular weight is 183 g/mol. The minimum absolute atomic E-state index is 0.0748. The molecule has 0 saturated carbocycles.